The van der Waals surface area contributed by atoms with E-state index >= 15 is 0 Å². The molecule has 2 heterocycles. The summed E-state index contributed by atoms with van der Waals surface area (Å²) < 4.78 is 19.9. The van der Waals surface area contributed by atoms with Crippen molar-refractivity contribution in [3.05, 3.63) is 75.2 Å². The maximum atomic E-state index is 14.6. The lowest BCUT2D eigenvalue weighted by molar-refractivity contribution is 0.101. The lowest BCUT2D eigenvalue weighted by Crippen LogP contribution is -2.36. The van der Waals surface area contributed by atoms with E-state index in [9.17, 15) is 14.0 Å². The van der Waals surface area contributed by atoms with Crippen LogP contribution in [0.15, 0.2) is 53.9 Å². The Bertz CT molecular complexity index is 1100. The fourth-order valence-electron chi connectivity index (χ4n) is 3.20. The first-order valence-electron chi connectivity index (χ1n) is 9.59. The number of hydrogen-bond acceptors (Lipinski definition) is 5. The molecule has 3 aromatic rings. The molecule has 160 valence electrons. The van der Waals surface area contributed by atoms with Gasteiger partial charge in [-0.3, -0.25) is 9.59 Å². The highest BCUT2D eigenvalue weighted by Crippen LogP contribution is 2.26. The van der Waals surface area contributed by atoms with Gasteiger partial charge in [-0.05, 0) is 47.8 Å². The maximum absolute atomic E-state index is 14.6. The quantitative estimate of drug-likeness (QED) is 0.570. The standard InChI is InChI=1S/C22H19ClFN3O3S/c23-16-5-3-14(12-18(16)26-22(29)20-2-1-11-31-20)21(28)25-15-4-6-19(17(24)13-15)27-7-9-30-10-8-27/h1-6,11-13H,7-10H2,(H,25,28)(H,26,29). The predicted molar refractivity (Wildman–Crippen MR) is 121 cm³/mol. The summed E-state index contributed by atoms with van der Waals surface area (Å²) in [7, 11) is 0. The Morgan fingerprint density at radius 3 is 2.55 bits per heavy atom. The van der Waals surface area contributed by atoms with E-state index in [2.05, 4.69) is 10.6 Å². The lowest BCUT2D eigenvalue weighted by Gasteiger charge is -2.29. The van der Waals surface area contributed by atoms with E-state index in [-0.39, 0.29) is 11.5 Å². The van der Waals surface area contributed by atoms with Gasteiger partial charge in [-0.1, -0.05) is 17.7 Å². The summed E-state index contributed by atoms with van der Waals surface area (Å²) >= 11 is 7.47. The largest absolute Gasteiger partial charge is 0.378 e. The van der Waals surface area contributed by atoms with Crippen LogP contribution in [-0.2, 0) is 4.74 Å². The molecule has 2 N–H and O–H groups in total. The number of hydrogen-bond donors (Lipinski definition) is 2. The maximum Gasteiger partial charge on any atom is 0.265 e. The number of anilines is 3. The van der Waals surface area contributed by atoms with Gasteiger partial charge >= 0.3 is 0 Å². The van der Waals surface area contributed by atoms with E-state index in [0.717, 1.165) is 0 Å². The molecule has 2 aromatic carbocycles. The molecule has 1 aromatic heterocycles. The Morgan fingerprint density at radius 1 is 1.03 bits per heavy atom. The topological polar surface area (TPSA) is 70.7 Å². The van der Waals surface area contributed by atoms with Crippen LogP contribution in [0.4, 0.5) is 21.5 Å². The third kappa shape index (κ3) is 5.04. The van der Waals surface area contributed by atoms with Crippen LogP contribution >= 0.6 is 22.9 Å². The number of halogens is 2. The molecule has 2 amide bonds. The first-order valence-corrected chi connectivity index (χ1v) is 10.8. The Balaban J connectivity index is 1.47. The molecule has 0 radical (unpaired) electrons. The van der Waals surface area contributed by atoms with E-state index in [1.54, 1.807) is 29.6 Å². The van der Waals surface area contributed by atoms with Gasteiger partial charge in [-0.25, -0.2) is 4.39 Å². The summed E-state index contributed by atoms with van der Waals surface area (Å²) in [4.78, 5) is 27.4. The van der Waals surface area contributed by atoms with Gasteiger partial charge in [0.25, 0.3) is 11.8 Å². The minimum absolute atomic E-state index is 0.281. The summed E-state index contributed by atoms with van der Waals surface area (Å²) in [5.74, 6) is -1.17. The molecule has 1 aliphatic rings. The van der Waals surface area contributed by atoms with Crippen molar-refractivity contribution in [2.24, 2.45) is 0 Å². The van der Waals surface area contributed by atoms with Crippen molar-refractivity contribution in [3.8, 4) is 0 Å². The van der Waals surface area contributed by atoms with Crippen LogP contribution in [0.3, 0.4) is 0 Å². The van der Waals surface area contributed by atoms with Gasteiger partial charge in [0.15, 0.2) is 0 Å². The van der Waals surface area contributed by atoms with E-state index in [1.165, 1.54) is 35.6 Å². The number of nitrogens with one attached hydrogen (secondary N) is 2. The van der Waals surface area contributed by atoms with Crippen molar-refractivity contribution < 1.29 is 18.7 Å². The van der Waals surface area contributed by atoms with Crippen LogP contribution in [0.1, 0.15) is 20.0 Å². The zero-order valence-corrected chi connectivity index (χ0v) is 17.9. The van der Waals surface area contributed by atoms with Crippen LogP contribution in [-0.4, -0.2) is 38.1 Å². The van der Waals surface area contributed by atoms with Crippen molar-refractivity contribution in [2.75, 3.05) is 41.8 Å². The van der Waals surface area contributed by atoms with Crippen molar-refractivity contribution in [3.63, 3.8) is 0 Å². The molecule has 31 heavy (non-hydrogen) atoms. The molecule has 0 atom stereocenters. The zero-order valence-electron chi connectivity index (χ0n) is 16.4. The van der Waals surface area contributed by atoms with E-state index < -0.39 is 11.7 Å². The zero-order chi connectivity index (χ0) is 21.8. The summed E-state index contributed by atoms with van der Waals surface area (Å²) in [5, 5.41) is 7.49. The molecular formula is C22H19ClFN3O3S. The lowest BCUT2D eigenvalue weighted by atomic mass is 10.1. The summed E-state index contributed by atoms with van der Waals surface area (Å²) in [6.45, 7) is 2.35. The van der Waals surface area contributed by atoms with Crippen LogP contribution in [0.2, 0.25) is 5.02 Å². The van der Waals surface area contributed by atoms with Gasteiger partial charge in [-0.2, -0.15) is 0 Å². The molecule has 1 saturated heterocycles. The number of carbonyl (C=O) groups excluding carboxylic acids is 2. The Kier molecular flexibility index (Phi) is 6.50. The highest BCUT2D eigenvalue weighted by atomic mass is 35.5. The highest BCUT2D eigenvalue weighted by Gasteiger charge is 2.17. The normalized spacial score (nSPS) is 13.7. The molecule has 9 heteroatoms. The predicted octanol–water partition coefficient (Wildman–Crippen LogP) is 4.88. The molecule has 0 saturated carbocycles. The molecular weight excluding hydrogens is 441 g/mol. The Hall–Kier alpha value is -2.94. The number of rotatable bonds is 5. The molecule has 0 bridgehead atoms. The van der Waals surface area contributed by atoms with Crippen molar-refractivity contribution >= 4 is 51.8 Å². The molecule has 4 rings (SSSR count). The number of benzene rings is 2. The number of amides is 2. The minimum Gasteiger partial charge on any atom is -0.378 e. The van der Waals surface area contributed by atoms with Crippen LogP contribution in [0, 0.1) is 5.82 Å². The fourth-order valence-corrected chi connectivity index (χ4v) is 3.99. The summed E-state index contributed by atoms with van der Waals surface area (Å²) in [6.07, 6.45) is 0. The number of morpholine rings is 1. The van der Waals surface area contributed by atoms with Crippen molar-refractivity contribution in [1.29, 1.82) is 0 Å². The molecule has 0 unspecified atom stereocenters. The van der Waals surface area contributed by atoms with Crippen molar-refractivity contribution in [1.82, 2.24) is 0 Å². The Morgan fingerprint density at radius 2 is 1.84 bits per heavy atom. The Labute approximate surface area is 187 Å². The van der Waals surface area contributed by atoms with Crippen LogP contribution in [0.5, 0.6) is 0 Å². The van der Waals surface area contributed by atoms with E-state index in [0.29, 0.717) is 53.3 Å². The van der Waals surface area contributed by atoms with Gasteiger partial charge in [0.2, 0.25) is 0 Å². The first-order chi connectivity index (χ1) is 15.0. The third-order valence-electron chi connectivity index (χ3n) is 4.78. The minimum atomic E-state index is -0.443. The highest BCUT2D eigenvalue weighted by molar-refractivity contribution is 7.12. The van der Waals surface area contributed by atoms with Crippen LogP contribution < -0.4 is 15.5 Å². The molecule has 0 aliphatic carbocycles. The van der Waals surface area contributed by atoms with E-state index in [1.807, 2.05) is 4.90 Å². The average molecular weight is 460 g/mol. The molecule has 0 spiro atoms. The van der Waals surface area contributed by atoms with Gasteiger partial charge in [-0.15, -0.1) is 11.3 Å². The van der Waals surface area contributed by atoms with Gasteiger partial charge in [0.05, 0.1) is 34.5 Å². The number of thiophene rings is 1. The second kappa shape index (κ2) is 9.47. The third-order valence-corrected chi connectivity index (χ3v) is 5.98. The first kappa shape index (κ1) is 21.3. The number of nitrogens with zero attached hydrogens (tertiary/aromatic N) is 1. The molecule has 1 fully saturated rings. The van der Waals surface area contributed by atoms with Gasteiger partial charge in [0.1, 0.15) is 5.82 Å². The van der Waals surface area contributed by atoms with Gasteiger partial charge in [0, 0.05) is 24.3 Å². The summed E-state index contributed by atoms with van der Waals surface area (Å²) in [5.41, 5.74) is 1.41. The van der Waals surface area contributed by atoms with E-state index in [4.69, 9.17) is 16.3 Å². The number of ether oxygens (including phenoxy) is 1. The molecule has 1 aliphatic heterocycles. The smallest absolute Gasteiger partial charge is 0.265 e. The summed E-state index contributed by atoms with van der Waals surface area (Å²) in [6, 6.07) is 12.6. The van der Waals surface area contributed by atoms with Crippen molar-refractivity contribution in [2.45, 2.75) is 0 Å². The fraction of sp³-hybridized carbons (Fsp3) is 0.182. The number of carbonyl (C=O) groups is 2. The SMILES string of the molecule is O=C(Nc1ccc(N2CCOCC2)c(F)c1)c1ccc(Cl)c(NC(=O)c2cccs2)c1. The monoisotopic (exact) mass is 459 g/mol. The second-order valence-electron chi connectivity index (χ2n) is 6.85. The molecule has 6 nitrogen and oxygen atoms in total. The average Bonchev–Trinajstić information content (AvgIpc) is 3.31. The second-order valence-corrected chi connectivity index (χ2v) is 8.20. The van der Waals surface area contributed by atoms with Crippen LogP contribution in [0.25, 0.3) is 0 Å². The van der Waals surface area contributed by atoms with Gasteiger partial charge < -0.3 is 20.3 Å².